The monoisotopic (exact) mass is 247 g/mol. The number of aromatic nitrogens is 1. The molecule has 0 spiro atoms. The van der Waals surface area contributed by atoms with Crippen LogP contribution in [0, 0.1) is 0 Å². The van der Waals surface area contributed by atoms with Crippen LogP contribution in [0.4, 0.5) is 0 Å². The second kappa shape index (κ2) is 4.53. The molecule has 0 atom stereocenters. The van der Waals surface area contributed by atoms with Crippen molar-refractivity contribution in [3.8, 4) is 11.5 Å². The second-order valence-corrected chi connectivity index (χ2v) is 5.01. The van der Waals surface area contributed by atoms with Crippen LogP contribution in [0.1, 0.15) is 37.3 Å². The molecular formula is C14H14ClNO. The largest absolute Gasteiger partial charge is 0.444 e. The zero-order valence-corrected chi connectivity index (χ0v) is 10.3. The predicted octanol–water partition coefficient (Wildman–Crippen LogP) is 4.65. The van der Waals surface area contributed by atoms with E-state index < -0.39 is 0 Å². The van der Waals surface area contributed by atoms with Gasteiger partial charge in [-0.15, -0.1) is 0 Å². The summed E-state index contributed by atoms with van der Waals surface area (Å²) in [6.07, 6.45) is 6.89. The number of hydrogen-bond acceptors (Lipinski definition) is 2. The van der Waals surface area contributed by atoms with Crippen LogP contribution >= 0.6 is 11.6 Å². The first-order valence-corrected chi connectivity index (χ1v) is 6.42. The van der Waals surface area contributed by atoms with Crippen molar-refractivity contribution in [3.05, 3.63) is 41.2 Å². The normalized spacial score (nSPS) is 16.5. The molecule has 1 aliphatic carbocycles. The fraction of sp³-hybridized carbons (Fsp3) is 0.357. The van der Waals surface area contributed by atoms with E-state index in [-0.39, 0.29) is 0 Å². The van der Waals surface area contributed by atoms with Crippen LogP contribution < -0.4 is 0 Å². The van der Waals surface area contributed by atoms with E-state index in [1.54, 1.807) is 6.26 Å². The molecule has 17 heavy (non-hydrogen) atoms. The number of rotatable bonds is 2. The first kappa shape index (κ1) is 10.8. The van der Waals surface area contributed by atoms with Gasteiger partial charge in [-0.25, -0.2) is 4.98 Å². The van der Waals surface area contributed by atoms with Gasteiger partial charge in [0.25, 0.3) is 0 Å². The van der Waals surface area contributed by atoms with Crippen LogP contribution in [0.25, 0.3) is 11.5 Å². The Morgan fingerprint density at radius 3 is 2.82 bits per heavy atom. The first-order chi connectivity index (χ1) is 8.33. The van der Waals surface area contributed by atoms with Crippen LogP contribution in [0.5, 0.6) is 0 Å². The lowest BCUT2D eigenvalue weighted by Gasteiger charge is -2.01. The van der Waals surface area contributed by atoms with Crippen LogP contribution in [0.2, 0.25) is 5.02 Å². The molecule has 0 saturated heterocycles. The molecule has 1 fully saturated rings. The van der Waals surface area contributed by atoms with E-state index in [2.05, 4.69) is 4.98 Å². The molecule has 0 aliphatic heterocycles. The molecule has 0 unspecified atom stereocenters. The highest BCUT2D eigenvalue weighted by molar-refractivity contribution is 6.30. The SMILES string of the molecule is Clc1cccc(-c2nc(C3CCCC3)co2)c1. The van der Waals surface area contributed by atoms with Crippen LogP contribution in [0.15, 0.2) is 34.9 Å². The maximum atomic E-state index is 5.96. The lowest BCUT2D eigenvalue weighted by molar-refractivity contribution is 0.568. The Kier molecular flexibility index (Phi) is 2.89. The standard InChI is InChI=1S/C14H14ClNO/c15-12-7-3-6-11(8-12)14-16-13(9-17-14)10-4-1-2-5-10/h3,6-10H,1-2,4-5H2. The average Bonchev–Trinajstić information content (AvgIpc) is 3.00. The minimum absolute atomic E-state index is 0.590. The summed E-state index contributed by atoms with van der Waals surface area (Å²) in [5.41, 5.74) is 2.04. The van der Waals surface area contributed by atoms with Gasteiger partial charge in [-0.2, -0.15) is 0 Å². The minimum atomic E-state index is 0.590. The fourth-order valence-corrected chi connectivity index (χ4v) is 2.64. The molecule has 3 heteroatoms. The molecule has 1 aliphatic rings. The van der Waals surface area contributed by atoms with Gasteiger partial charge in [0, 0.05) is 16.5 Å². The smallest absolute Gasteiger partial charge is 0.226 e. The van der Waals surface area contributed by atoms with E-state index in [1.165, 1.54) is 25.7 Å². The summed E-state index contributed by atoms with van der Waals surface area (Å²) < 4.78 is 5.55. The summed E-state index contributed by atoms with van der Waals surface area (Å²) in [6, 6.07) is 7.62. The lowest BCUT2D eigenvalue weighted by atomic mass is 10.1. The van der Waals surface area contributed by atoms with Crippen molar-refractivity contribution in [1.29, 1.82) is 0 Å². The molecule has 1 heterocycles. The lowest BCUT2D eigenvalue weighted by Crippen LogP contribution is -1.91. The van der Waals surface area contributed by atoms with E-state index >= 15 is 0 Å². The molecule has 1 aromatic carbocycles. The second-order valence-electron chi connectivity index (χ2n) is 4.57. The highest BCUT2D eigenvalue weighted by Crippen LogP contribution is 2.34. The van der Waals surface area contributed by atoms with Crippen molar-refractivity contribution in [1.82, 2.24) is 4.98 Å². The third kappa shape index (κ3) is 2.22. The Balaban J connectivity index is 1.89. The predicted molar refractivity (Wildman–Crippen MR) is 68.2 cm³/mol. The quantitative estimate of drug-likeness (QED) is 0.772. The van der Waals surface area contributed by atoms with Gasteiger partial charge >= 0.3 is 0 Å². The Hall–Kier alpha value is -1.28. The molecule has 0 radical (unpaired) electrons. The zero-order chi connectivity index (χ0) is 11.7. The minimum Gasteiger partial charge on any atom is -0.444 e. The van der Waals surface area contributed by atoms with Gasteiger partial charge in [0.15, 0.2) is 0 Å². The molecule has 1 saturated carbocycles. The number of halogens is 1. The zero-order valence-electron chi connectivity index (χ0n) is 9.53. The van der Waals surface area contributed by atoms with Crippen molar-refractivity contribution in [2.24, 2.45) is 0 Å². The Morgan fingerprint density at radius 1 is 1.24 bits per heavy atom. The van der Waals surface area contributed by atoms with E-state index in [0.29, 0.717) is 16.8 Å². The molecule has 0 bridgehead atoms. The maximum Gasteiger partial charge on any atom is 0.226 e. The Labute approximate surface area is 106 Å². The summed E-state index contributed by atoms with van der Waals surface area (Å²) >= 11 is 5.96. The van der Waals surface area contributed by atoms with E-state index in [4.69, 9.17) is 16.0 Å². The molecule has 1 aromatic heterocycles. The van der Waals surface area contributed by atoms with Crippen molar-refractivity contribution < 1.29 is 4.42 Å². The maximum absolute atomic E-state index is 5.96. The molecule has 88 valence electrons. The van der Waals surface area contributed by atoms with E-state index in [0.717, 1.165) is 11.3 Å². The number of nitrogens with zero attached hydrogens (tertiary/aromatic N) is 1. The fourth-order valence-electron chi connectivity index (χ4n) is 2.45. The third-order valence-corrected chi connectivity index (χ3v) is 3.60. The summed E-state index contributed by atoms with van der Waals surface area (Å²) in [5.74, 6) is 1.26. The number of benzene rings is 1. The summed E-state index contributed by atoms with van der Waals surface area (Å²) in [7, 11) is 0. The van der Waals surface area contributed by atoms with Gasteiger partial charge in [0.1, 0.15) is 6.26 Å². The van der Waals surface area contributed by atoms with E-state index in [9.17, 15) is 0 Å². The average molecular weight is 248 g/mol. The molecule has 2 aromatic rings. The van der Waals surface area contributed by atoms with Crippen LogP contribution in [0.3, 0.4) is 0 Å². The van der Waals surface area contributed by atoms with Gasteiger partial charge in [-0.3, -0.25) is 0 Å². The molecular weight excluding hydrogens is 234 g/mol. The Morgan fingerprint density at radius 2 is 2.06 bits per heavy atom. The van der Waals surface area contributed by atoms with Gasteiger partial charge in [0.2, 0.25) is 5.89 Å². The topological polar surface area (TPSA) is 26.0 Å². The van der Waals surface area contributed by atoms with Crippen molar-refractivity contribution in [2.45, 2.75) is 31.6 Å². The molecule has 2 nitrogen and oxygen atoms in total. The third-order valence-electron chi connectivity index (χ3n) is 3.37. The summed E-state index contributed by atoms with van der Waals surface area (Å²) in [5, 5.41) is 0.711. The van der Waals surface area contributed by atoms with Gasteiger partial charge in [-0.05, 0) is 31.0 Å². The van der Waals surface area contributed by atoms with Gasteiger partial charge in [0.05, 0.1) is 5.69 Å². The summed E-state index contributed by atoms with van der Waals surface area (Å²) in [4.78, 5) is 4.58. The molecule has 0 amide bonds. The number of oxazole rings is 1. The van der Waals surface area contributed by atoms with Crippen LogP contribution in [-0.4, -0.2) is 4.98 Å². The van der Waals surface area contributed by atoms with Gasteiger partial charge in [-0.1, -0.05) is 30.5 Å². The first-order valence-electron chi connectivity index (χ1n) is 6.04. The molecule has 0 N–H and O–H groups in total. The Bertz CT molecular complexity index is 514. The highest BCUT2D eigenvalue weighted by Gasteiger charge is 2.20. The van der Waals surface area contributed by atoms with Crippen molar-refractivity contribution >= 4 is 11.6 Å². The van der Waals surface area contributed by atoms with Gasteiger partial charge < -0.3 is 4.42 Å². The molecule has 3 rings (SSSR count). The summed E-state index contributed by atoms with van der Waals surface area (Å²) in [6.45, 7) is 0. The van der Waals surface area contributed by atoms with Crippen molar-refractivity contribution in [3.63, 3.8) is 0 Å². The van der Waals surface area contributed by atoms with Crippen LogP contribution in [-0.2, 0) is 0 Å². The number of hydrogen-bond donors (Lipinski definition) is 0. The highest BCUT2D eigenvalue weighted by atomic mass is 35.5. The van der Waals surface area contributed by atoms with Crippen molar-refractivity contribution in [2.75, 3.05) is 0 Å². The van der Waals surface area contributed by atoms with E-state index in [1.807, 2.05) is 24.3 Å².